The van der Waals surface area contributed by atoms with Crippen molar-refractivity contribution in [3.05, 3.63) is 48.0 Å². The fraction of sp³-hybridized carbons (Fsp3) is 0.300. The summed E-state index contributed by atoms with van der Waals surface area (Å²) in [5.74, 6) is 1.29. The molecule has 0 fully saturated rings. The zero-order chi connectivity index (χ0) is 19.5. The summed E-state index contributed by atoms with van der Waals surface area (Å²) < 4.78 is 26.9. The third kappa shape index (κ3) is 3.80. The van der Waals surface area contributed by atoms with Crippen molar-refractivity contribution in [1.82, 2.24) is 5.32 Å². The normalized spacial score (nSPS) is 17.5. The molecule has 2 aromatic rings. The molecule has 0 bridgehead atoms. The van der Waals surface area contributed by atoms with E-state index in [-0.39, 0.29) is 19.9 Å². The highest BCUT2D eigenvalue weighted by Crippen LogP contribution is 2.32. The van der Waals surface area contributed by atoms with E-state index in [1.165, 1.54) is 6.92 Å². The molecule has 0 spiro atoms. The van der Waals surface area contributed by atoms with Crippen LogP contribution >= 0.6 is 0 Å². The first kappa shape index (κ1) is 18.0. The number of carbonyl (C=O) groups is 2. The molecule has 0 aromatic heterocycles. The van der Waals surface area contributed by atoms with Crippen LogP contribution in [0, 0.1) is 0 Å². The Balaban J connectivity index is 1.28. The lowest BCUT2D eigenvalue weighted by Crippen LogP contribution is -2.42. The van der Waals surface area contributed by atoms with Gasteiger partial charge >= 0.3 is 5.97 Å². The number of esters is 1. The maximum Gasteiger partial charge on any atom is 0.351 e. The molecule has 0 saturated heterocycles. The van der Waals surface area contributed by atoms with E-state index >= 15 is 0 Å². The van der Waals surface area contributed by atoms with Crippen LogP contribution in [0.1, 0.15) is 12.5 Å². The predicted molar refractivity (Wildman–Crippen MR) is 96.3 cm³/mol. The number of amides is 1. The summed E-state index contributed by atoms with van der Waals surface area (Å²) >= 11 is 0. The van der Waals surface area contributed by atoms with E-state index in [9.17, 15) is 9.59 Å². The molecule has 0 unspecified atom stereocenters. The quantitative estimate of drug-likeness (QED) is 0.785. The molecule has 0 radical (unpaired) electrons. The Morgan fingerprint density at radius 3 is 2.68 bits per heavy atom. The first-order valence-electron chi connectivity index (χ1n) is 8.85. The molecule has 146 valence electrons. The van der Waals surface area contributed by atoms with Gasteiger partial charge < -0.3 is 29.0 Å². The molecule has 2 aliphatic heterocycles. The van der Waals surface area contributed by atoms with Gasteiger partial charge in [0.25, 0.3) is 5.91 Å². The molecule has 8 nitrogen and oxygen atoms in total. The van der Waals surface area contributed by atoms with Crippen molar-refractivity contribution in [2.75, 3.05) is 13.4 Å². The topological polar surface area (TPSA) is 92.3 Å². The van der Waals surface area contributed by atoms with Crippen molar-refractivity contribution in [3.63, 3.8) is 0 Å². The Labute approximate surface area is 161 Å². The number of benzene rings is 2. The summed E-state index contributed by atoms with van der Waals surface area (Å²) in [5, 5.41) is 2.73. The first-order chi connectivity index (χ1) is 13.6. The monoisotopic (exact) mass is 385 g/mol. The lowest BCUT2D eigenvalue weighted by atomic mass is 10.2. The average molecular weight is 385 g/mol. The molecule has 1 N–H and O–H groups in total. The Morgan fingerprint density at radius 2 is 1.82 bits per heavy atom. The number of fused-ring (bicyclic) bond motifs is 2. The van der Waals surface area contributed by atoms with Gasteiger partial charge in [-0.15, -0.1) is 0 Å². The molecule has 1 amide bonds. The van der Waals surface area contributed by atoms with Gasteiger partial charge in [0.05, 0.1) is 0 Å². The van der Waals surface area contributed by atoms with E-state index in [2.05, 4.69) is 5.32 Å². The van der Waals surface area contributed by atoms with Gasteiger partial charge in [0.2, 0.25) is 12.9 Å². The Bertz CT molecular complexity index is 898. The van der Waals surface area contributed by atoms with Crippen molar-refractivity contribution < 1.29 is 33.3 Å². The average Bonchev–Trinajstić information content (AvgIpc) is 3.19. The minimum atomic E-state index is -0.970. The van der Waals surface area contributed by atoms with Crippen LogP contribution in [-0.2, 0) is 20.9 Å². The molecular formula is C20H19NO7. The molecule has 4 rings (SSSR count). The van der Waals surface area contributed by atoms with E-state index in [4.69, 9.17) is 23.7 Å². The van der Waals surface area contributed by atoms with E-state index in [1.807, 2.05) is 12.1 Å². The van der Waals surface area contributed by atoms with Crippen LogP contribution in [0.25, 0.3) is 0 Å². The third-order valence-electron chi connectivity index (χ3n) is 4.34. The van der Waals surface area contributed by atoms with Gasteiger partial charge in [-0.25, -0.2) is 4.79 Å². The van der Waals surface area contributed by atoms with Crippen LogP contribution in [0.2, 0.25) is 0 Å². The van der Waals surface area contributed by atoms with Gasteiger partial charge in [-0.05, 0) is 36.8 Å². The fourth-order valence-electron chi connectivity index (χ4n) is 2.82. The van der Waals surface area contributed by atoms with Gasteiger partial charge in [0, 0.05) is 6.54 Å². The highest BCUT2D eigenvalue weighted by Gasteiger charge is 2.31. The van der Waals surface area contributed by atoms with Gasteiger partial charge in [0.15, 0.2) is 29.1 Å². The zero-order valence-corrected chi connectivity index (χ0v) is 15.2. The van der Waals surface area contributed by atoms with Crippen LogP contribution in [0.5, 0.6) is 23.0 Å². The van der Waals surface area contributed by atoms with Crippen LogP contribution in [0.3, 0.4) is 0 Å². The molecule has 0 saturated carbocycles. The molecule has 8 heteroatoms. The number of ether oxygens (including phenoxy) is 5. The highest BCUT2D eigenvalue weighted by atomic mass is 16.7. The van der Waals surface area contributed by atoms with Crippen LogP contribution in [-0.4, -0.2) is 37.5 Å². The Kier molecular flexibility index (Phi) is 4.92. The first-order valence-corrected chi connectivity index (χ1v) is 8.85. The van der Waals surface area contributed by atoms with E-state index < -0.39 is 24.1 Å². The second-order valence-corrected chi connectivity index (χ2v) is 6.35. The van der Waals surface area contributed by atoms with Crippen LogP contribution < -0.4 is 24.3 Å². The van der Waals surface area contributed by atoms with Gasteiger partial charge in [-0.2, -0.15) is 0 Å². The summed E-state index contributed by atoms with van der Waals surface area (Å²) in [4.78, 5) is 24.5. The summed E-state index contributed by atoms with van der Waals surface area (Å²) in [6, 6.07) is 12.5. The molecule has 2 atom stereocenters. The minimum Gasteiger partial charge on any atom is -0.485 e. The summed E-state index contributed by atoms with van der Waals surface area (Å²) in [5.41, 5.74) is 0.844. The van der Waals surface area contributed by atoms with Crippen molar-refractivity contribution in [3.8, 4) is 23.0 Å². The maximum absolute atomic E-state index is 12.3. The molecule has 2 aliphatic rings. The maximum atomic E-state index is 12.3. The third-order valence-corrected chi connectivity index (χ3v) is 4.34. The smallest absolute Gasteiger partial charge is 0.351 e. The summed E-state index contributed by atoms with van der Waals surface area (Å²) in [6.45, 7) is 2.00. The number of carbonyl (C=O) groups excluding carboxylic acids is 2. The van der Waals surface area contributed by atoms with E-state index in [0.717, 1.165) is 5.56 Å². The number of para-hydroxylation sites is 2. The van der Waals surface area contributed by atoms with Crippen molar-refractivity contribution >= 4 is 11.9 Å². The van der Waals surface area contributed by atoms with Crippen molar-refractivity contribution in [2.24, 2.45) is 0 Å². The largest absolute Gasteiger partial charge is 0.485 e. The Hall–Kier alpha value is -3.42. The molecule has 0 aliphatic carbocycles. The van der Waals surface area contributed by atoms with Gasteiger partial charge in [0.1, 0.15) is 6.61 Å². The van der Waals surface area contributed by atoms with Gasteiger partial charge in [-0.3, -0.25) is 4.79 Å². The lowest BCUT2D eigenvalue weighted by Gasteiger charge is -2.25. The number of rotatable bonds is 5. The standard InChI is InChI=1S/C20H19NO7/c1-12(19(22)21-9-13-6-7-15-17(8-13)26-11-25-15)27-20(23)18-10-24-14-4-2-3-5-16(14)28-18/h2-8,12,18H,9-11H2,1H3,(H,21,22)/t12-,18-/m0/s1. The fourth-order valence-corrected chi connectivity index (χ4v) is 2.82. The van der Waals surface area contributed by atoms with Crippen molar-refractivity contribution in [1.29, 1.82) is 0 Å². The van der Waals surface area contributed by atoms with E-state index in [1.54, 1.807) is 30.3 Å². The number of hydrogen-bond acceptors (Lipinski definition) is 7. The lowest BCUT2D eigenvalue weighted by molar-refractivity contribution is -0.163. The molecule has 2 heterocycles. The van der Waals surface area contributed by atoms with Crippen LogP contribution in [0.15, 0.2) is 42.5 Å². The predicted octanol–water partition coefficient (Wildman–Crippen LogP) is 1.80. The summed E-state index contributed by atoms with van der Waals surface area (Å²) in [6.07, 6.45) is -1.89. The molecular weight excluding hydrogens is 366 g/mol. The second-order valence-electron chi connectivity index (χ2n) is 6.35. The number of nitrogens with one attached hydrogen (secondary N) is 1. The van der Waals surface area contributed by atoms with E-state index in [0.29, 0.717) is 23.0 Å². The minimum absolute atomic E-state index is 0.0291. The molecule has 28 heavy (non-hydrogen) atoms. The number of hydrogen-bond donors (Lipinski definition) is 1. The molecule has 2 aromatic carbocycles. The SMILES string of the molecule is C[C@H](OC(=O)[C@@H]1COc2ccccc2O1)C(=O)NCc1ccc2c(c1)OCO2. The zero-order valence-electron chi connectivity index (χ0n) is 15.2. The van der Waals surface area contributed by atoms with Crippen molar-refractivity contribution in [2.45, 2.75) is 25.7 Å². The second kappa shape index (κ2) is 7.67. The Morgan fingerprint density at radius 1 is 1.07 bits per heavy atom. The highest BCUT2D eigenvalue weighted by molar-refractivity contribution is 5.84. The summed E-state index contributed by atoms with van der Waals surface area (Å²) in [7, 11) is 0. The van der Waals surface area contributed by atoms with Crippen LogP contribution in [0.4, 0.5) is 0 Å². The van der Waals surface area contributed by atoms with Gasteiger partial charge in [-0.1, -0.05) is 18.2 Å².